The second-order valence-electron chi connectivity index (χ2n) is 5.11. The van der Waals surface area contributed by atoms with E-state index in [1.54, 1.807) is 0 Å². The van der Waals surface area contributed by atoms with E-state index in [9.17, 15) is 0 Å². The first-order valence-electron chi connectivity index (χ1n) is 6.71. The van der Waals surface area contributed by atoms with Gasteiger partial charge in [0, 0.05) is 0 Å². The highest BCUT2D eigenvalue weighted by Gasteiger charge is 2.03. The zero-order valence-corrected chi connectivity index (χ0v) is 11.4. The monoisotopic (exact) mass is 242 g/mol. The van der Waals surface area contributed by atoms with E-state index in [1.165, 1.54) is 22.3 Å². The molecular formula is C17H22O. The molecule has 0 atom stereocenters. The number of hydrogen-bond donors (Lipinski definition) is 0. The molecule has 2 rings (SSSR count). The van der Waals surface area contributed by atoms with Gasteiger partial charge in [-0.1, -0.05) is 47.6 Å². The molecule has 18 heavy (non-hydrogen) atoms. The quantitative estimate of drug-likeness (QED) is 0.555. The fourth-order valence-corrected chi connectivity index (χ4v) is 2.19. The maximum atomic E-state index is 5.76. The summed E-state index contributed by atoms with van der Waals surface area (Å²) in [5.41, 5.74) is 5.57. The lowest BCUT2D eigenvalue weighted by molar-refractivity contribution is 0.158. The van der Waals surface area contributed by atoms with E-state index in [1.807, 2.05) is 0 Å². The molecule has 0 saturated heterocycles. The first kappa shape index (κ1) is 13.1. The van der Waals surface area contributed by atoms with Crippen molar-refractivity contribution in [1.82, 2.24) is 0 Å². The number of aryl methyl sites for hydroxylation is 1. The van der Waals surface area contributed by atoms with Crippen LogP contribution < -0.4 is 0 Å². The molecule has 0 bridgehead atoms. The maximum Gasteiger partial charge on any atom is 0.0680 e. The molecule has 0 aromatic heterocycles. The SMILES string of the molecule is CC1=CCC=C(COCCc2ccc(C)cc2)C1. The average molecular weight is 242 g/mol. The predicted octanol–water partition coefficient (Wildman–Crippen LogP) is 4.22. The van der Waals surface area contributed by atoms with E-state index < -0.39 is 0 Å². The summed E-state index contributed by atoms with van der Waals surface area (Å²) in [5, 5.41) is 0. The van der Waals surface area contributed by atoms with E-state index in [2.05, 4.69) is 50.3 Å². The van der Waals surface area contributed by atoms with Crippen molar-refractivity contribution in [3.63, 3.8) is 0 Å². The van der Waals surface area contributed by atoms with Gasteiger partial charge >= 0.3 is 0 Å². The van der Waals surface area contributed by atoms with Gasteiger partial charge in [-0.3, -0.25) is 0 Å². The van der Waals surface area contributed by atoms with Crippen LogP contribution in [0.15, 0.2) is 47.6 Å². The van der Waals surface area contributed by atoms with Crippen LogP contribution in [0.3, 0.4) is 0 Å². The lowest BCUT2D eigenvalue weighted by atomic mass is 10.0. The molecule has 1 nitrogen and oxygen atoms in total. The Bertz CT molecular complexity index is 437. The van der Waals surface area contributed by atoms with Crippen molar-refractivity contribution in [3.05, 3.63) is 58.7 Å². The van der Waals surface area contributed by atoms with Crippen LogP contribution >= 0.6 is 0 Å². The normalized spacial score (nSPS) is 15.2. The van der Waals surface area contributed by atoms with Crippen LogP contribution in [-0.2, 0) is 11.2 Å². The number of benzene rings is 1. The summed E-state index contributed by atoms with van der Waals surface area (Å²) >= 11 is 0. The first-order chi connectivity index (χ1) is 8.74. The van der Waals surface area contributed by atoms with Crippen LogP contribution in [0, 0.1) is 6.92 Å². The van der Waals surface area contributed by atoms with Gasteiger partial charge in [0.2, 0.25) is 0 Å². The summed E-state index contributed by atoms with van der Waals surface area (Å²) < 4.78 is 5.76. The molecule has 1 heteroatoms. The zero-order valence-electron chi connectivity index (χ0n) is 11.4. The highest BCUT2D eigenvalue weighted by Crippen LogP contribution is 2.17. The lowest BCUT2D eigenvalue weighted by Gasteiger charge is -2.12. The number of allylic oxidation sites excluding steroid dienone is 3. The summed E-state index contributed by atoms with van der Waals surface area (Å²) in [6, 6.07) is 8.69. The Kier molecular flexibility index (Phi) is 4.77. The van der Waals surface area contributed by atoms with Gasteiger partial charge in [-0.15, -0.1) is 0 Å². The van der Waals surface area contributed by atoms with Crippen molar-refractivity contribution in [2.75, 3.05) is 13.2 Å². The first-order valence-corrected chi connectivity index (χ1v) is 6.71. The highest BCUT2D eigenvalue weighted by molar-refractivity contribution is 5.22. The van der Waals surface area contributed by atoms with Gasteiger partial charge in [0.1, 0.15) is 0 Å². The second kappa shape index (κ2) is 6.55. The van der Waals surface area contributed by atoms with Gasteiger partial charge in [0.25, 0.3) is 0 Å². The predicted molar refractivity (Wildman–Crippen MR) is 76.8 cm³/mol. The Morgan fingerprint density at radius 3 is 2.56 bits per heavy atom. The van der Waals surface area contributed by atoms with Crippen LogP contribution in [-0.4, -0.2) is 13.2 Å². The standard InChI is InChI=1S/C17H22O/c1-14-6-8-16(9-7-14)10-11-18-13-17-5-3-4-15(2)12-17/h4-9H,3,10-13H2,1-2H3. The summed E-state index contributed by atoms with van der Waals surface area (Å²) in [6.07, 6.45) is 7.74. The number of hydrogen-bond acceptors (Lipinski definition) is 1. The number of ether oxygens (including phenoxy) is 1. The van der Waals surface area contributed by atoms with Crippen molar-refractivity contribution < 1.29 is 4.74 Å². The van der Waals surface area contributed by atoms with Crippen molar-refractivity contribution >= 4 is 0 Å². The van der Waals surface area contributed by atoms with E-state index in [-0.39, 0.29) is 0 Å². The summed E-state index contributed by atoms with van der Waals surface area (Å²) in [6.45, 7) is 5.91. The molecule has 0 spiro atoms. The van der Waals surface area contributed by atoms with Crippen molar-refractivity contribution in [3.8, 4) is 0 Å². The Balaban J connectivity index is 1.67. The van der Waals surface area contributed by atoms with Gasteiger partial charge in [-0.25, -0.2) is 0 Å². The van der Waals surface area contributed by atoms with Gasteiger partial charge in [0.15, 0.2) is 0 Å². The highest BCUT2D eigenvalue weighted by atomic mass is 16.5. The molecule has 1 aliphatic carbocycles. The van der Waals surface area contributed by atoms with Gasteiger partial charge in [-0.2, -0.15) is 0 Å². The Morgan fingerprint density at radius 1 is 1.06 bits per heavy atom. The van der Waals surface area contributed by atoms with Crippen LogP contribution in [0.4, 0.5) is 0 Å². The van der Waals surface area contributed by atoms with Crippen LogP contribution in [0.5, 0.6) is 0 Å². The maximum absolute atomic E-state index is 5.76. The molecular weight excluding hydrogens is 220 g/mol. The van der Waals surface area contributed by atoms with Crippen molar-refractivity contribution in [2.24, 2.45) is 0 Å². The zero-order chi connectivity index (χ0) is 12.8. The molecule has 0 radical (unpaired) electrons. The smallest absolute Gasteiger partial charge is 0.0680 e. The van der Waals surface area contributed by atoms with Gasteiger partial charge in [0.05, 0.1) is 13.2 Å². The third-order valence-corrected chi connectivity index (χ3v) is 3.32. The molecule has 0 saturated carbocycles. The van der Waals surface area contributed by atoms with Crippen LogP contribution in [0.25, 0.3) is 0 Å². The van der Waals surface area contributed by atoms with E-state index >= 15 is 0 Å². The fraction of sp³-hybridized carbons (Fsp3) is 0.412. The van der Waals surface area contributed by atoms with Crippen molar-refractivity contribution in [2.45, 2.75) is 33.1 Å². The van der Waals surface area contributed by atoms with Gasteiger partial charge < -0.3 is 4.74 Å². The Morgan fingerprint density at radius 2 is 1.83 bits per heavy atom. The molecule has 0 amide bonds. The Hall–Kier alpha value is -1.34. The Labute approximate surface area is 110 Å². The van der Waals surface area contributed by atoms with Crippen molar-refractivity contribution in [1.29, 1.82) is 0 Å². The third-order valence-electron chi connectivity index (χ3n) is 3.32. The molecule has 0 fully saturated rings. The summed E-state index contributed by atoms with van der Waals surface area (Å²) in [5.74, 6) is 0. The minimum Gasteiger partial charge on any atom is -0.377 e. The van der Waals surface area contributed by atoms with Gasteiger partial charge in [-0.05, 0) is 44.2 Å². The van der Waals surface area contributed by atoms with E-state index in [4.69, 9.17) is 4.74 Å². The molecule has 1 aromatic carbocycles. The van der Waals surface area contributed by atoms with E-state index in [0.29, 0.717) is 0 Å². The van der Waals surface area contributed by atoms with E-state index in [0.717, 1.165) is 32.5 Å². The average Bonchev–Trinajstić information content (AvgIpc) is 2.37. The third kappa shape index (κ3) is 4.15. The molecule has 1 aromatic rings. The summed E-state index contributed by atoms with van der Waals surface area (Å²) in [7, 11) is 0. The summed E-state index contributed by atoms with van der Waals surface area (Å²) in [4.78, 5) is 0. The topological polar surface area (TPSA) is 9.23 Å². The molecule has 96 valence electrons. The molecule has 0 unspecified atom stereocenters. The molecule has 0 N–H and O–H groups in total. The molecule has 0 aliphatic heterocycles. The van der Waals surface area contributed by atoms with Crippen LogP contribution in [0.1, 0.15) is 30.9 Å². The minimum atomic E-state index is 0.789. The fourth-order valence-electron chi connectivity index (χ4n) is 2.19. The van der Waals surface area contributed by atoms with Crippen LogP contribution in [0.2, 0.25) is 0 Å². The lowest BCUT2D eigenvalue weighted by Crippen LogP contribution is -2.04. The number of rotatable bonds is 5. The second-order valence-corrected chi connectivity index (χ2v) is 5.11. The molecule has 0 heterocycles. The largest absolute Gasteiger partial charge is 0.377 e. The minimum absolute atomic E-state index is 0.789. The molecule has 1 aliphatic rings.